The lowest BCUT2D eigenvalue weighted by Crippen LogP contribution is -2.44. The molecule has 1 aliphatic carbocycles. The van der Waals surface area contributed by atoms with Gasteiger partial charge in [-0.25, -0.2) is 8.42 Å². The fourth-order valence-electron chi connectivity index (χ4n) is 4.44. The number of aromatic nitrogens is 1. The summed E-state index contributed by atoms with van der Waals surface area (Å²) in [5.74, 6) is 0. The maximum absolute atomic E-state index is 14.3. The molecule has 2 aromatic carbocycles. The molecule has 0 radical (unpaired) electrons. The number of nitrogens with one attached hydrogen (secondary N) is 1. The lowest BCUT2D eigenvalue weighted by Gasteiger charge is -2.29. The Kier molecular flexibility index (Phi) is 6.49. The lowest BCUT2D eigenvalue weighted by molar-refractivity contribution is -0.152. The third kappa shape index (κ3) is 5.24. The van der Waals surface area contributed by atoms with E-state index in [4.69, 9.17) is 0 Å². The number of nitrogens with zero attached hydrogens (tertiary/aromatic N) is 2. The normalized spacial score (nSPS) is 16.1. The van der Waals surface area contributed by atoms with Gasteiger partial charge in [0, 0.05) is 29.2 Å². The maximum Gasteiger partial charge on any atom is 0.408 e. The number of rotatable bonds is 6. The minimum absolute atomic E-state index is 0.125. The average molecular weight is 504 g/mol. The molecule has 1 saturated carbocycles. The average Bonchev–Trinajstić information content (AvgIpc) is 3.05. The van der Waals surface area contributed by atoms with Crippen molar-refractivity contribution in [2.75, 3.05) is 0 Å². The molecule has 1 N–H and O–H groups in total. The van der Waals surface area contributed by atoms with Gasteiger partial charge in [-0.2, -0.15) is 23.2 Å². The summed E-state index contributed by atoms with van der Waals surface area (Å²) in [7, 11) is -4.12. The number of alkyl halides is 3. The highest BCUT2D eigenvalue weighted by molar-refractivity contribution is 7.90. The highest BCUT2D eigenvalue weighted by Crippen LogP contribution is 2.41. The van der Waals surface area contributed by atoms with Gasteiger partial charge in [-0.1, -0.05) is 57.5 Å². The van der Waals surface area contributed by atoms with E-state index in [0.29, 0.717) is 53.4 Å². The largest absolute Gasteiger partial charge is 0.408 e. The quantitative estimate of drug-likeness (QED) is 0.429. The van der Waals surface area contributed by atoms with Crippen molar-refractivity contribution >= 4 is 20.9 Å². The highest BCUT2D eigenvalue weighted by Gasteiger charge is 2.46. The van der Waals surface area contributed by atoms with Crippen LogP contribution in [0.2, 0.25) is 0 Å². The summed E-state index contributed by atoms with van der Waals surface area (Å²) >= 11 is 0. The summed E-state index contributed by atoms with van der Waals surface area (Å²) in [4.78, 5) is 0. The topological polar surface area (TPSA) is 74.9 Å². The van der Waals surface area contributed by atoms with Crippen LogP contribution >= 0.6 is 0 Å². The van der Waals surface area contributed by atoms with Crippen molar-refractivity contribution in [1.29, 1.82) is 5.26 Å². The Hall–Kier alpha value is -2.83. The summed E-state index contributed by atoms with van der Waals surface area (Å²) in [5, 5.41) is 9.04. The molecule has 1 heterocycles. The Balaban J connectivity index is 1.89. The van der Waals surface area contributed by atoms with Gasteiger partial charge in [0.05, 0.1) is 16.9 Å². The van der Waals surface area contributed by atoms with Gasteiger partial charge in [0.1, 0.15) is 6.04 Å². The van der Waals surface area contributed by atoms with Crippen LogP contribution in [0, 0.1) is 16.7 Å². The van der Waals surface area contributed by atoms with E-state index in [1.54, 1.807) is 47.0 Å². The minimum Gasteiger partial charge on any atom is -0.347 e. The van der Waals surface area contributed by atoms with E-state index in [0.717, 1.165) is 0 Å². The third-order valence-corrected chi connectivity index (χ3v) is 8.24. The molecule has 0 amide bonds. The van der Waals surface area contributed by atoms with Crippen molar-refractivity contribution < 1.29 is 21.6 Å². The zero-order valence-electron chi connectivity index (χ0n) is 19.9. The van der Waals surface area contributed by atoms with E-state index < -0.39 is 27.5 Å². The van der Waals surface area contributed by atoms with Crippen LogP contribution < -0.4 is 4.72 Å². The number of nitriles is 1. The molecule has 35 heavy (non-hydrogen) atoms. The predicted octanol–water partition coefficient (Wildman–Crippen LogP) is 6.30. The molecule has 186 valence electrons. The van der Waals surface area contributed by atoms with E-state index in [2.05, 4.69) is 6.07 Å². The molecule has 1 aliphatic rings. The van der Waals surface area contributed by atoms with Crippen LogP contribution in [0.15, 0.2) is 48.7 Å². The summed E-state index contributed by atoms with van der Waals surface area (Å²) in [6.07, 6.45) is -1.97. The minimum atomic E-state index is -4.82. The van der Waals surface area contributed by atoms with Gasteiger partial charge in [0.25, 0.3) is 0 Å². The van der Waals surface area contributed by atoms with Crippen molar-refractivity contribution in [1.82, 2.24) is 9.29 Å². The Labute approximate surface area is 203 Å². The fourth-order valence-corrected chi connectivity index (χ4v) is 6.18. The zero-order chi connectivity index (χ0) is 25.6. The number of hydrogen-bond acceptors (Lipinski definition) is 3. The van der Waals surface area contributed by atoms with Crippen molar-refractivity contribution in [3.63, 3.8) is 0 Å². The molecule has 4 rings (SSSR count). The molecule has 0 saturated heterocycles. The second kappa shape index (κ2) is 8.99. The van der Waals surface area contributed by atoms with Crippen LogP contribution in [-0.2, 0) is 16.6 Å². The van der Waals surface area contributed by atoms with Crippen LogP contribution in [0.25, 0.3) is 22.0 Å². The molecule has 5 nitrogen and oxygen atoms in total. The van der Waals surface area contributed by atoms with Crippen molar-refractivity contribution in [2.45, 2.75) is 64.0 Å². The number of fused-ring (bicyclic) bond motifs is 1. The molecule has 9 heteroatoms. The Morgan fingerprint density at radius 1 is 1.14 bits per heavy atom. The monoisotopic (exact) mass is 503 g/mol. The first-order chi connectivity index (χ1) is 16.3. The summed E-state index contributed by atoms with van der Waals surface area (Å²) in [6, 6.07) is 11.9. The van der Waals surface area contributed by atoms with E-state index >= 15 is 0 Å². The number of benzene rings is 2. The molecule has 1 unspecified atom stereocenters. The van der Waals surface area contributed by atoms with Crippen molar-refractivity contribution in [3.05, 3.63) is 59.8 Å². The highest BCUT2D eigenvalue weighted by atomic mass is 32.2. The summed E-state index contributed by atoms with van der Waals surface area (Å²) in [5.41, 5.74) is 2.02. The molecule has 1 fully saturated rings. The van der Waals surface area contributed by atoms with E-state index in [9.17, 15) is 26.9 Å². The second-order valence-electron chi connectivity index (χ2n) is 10.4. The van der Waals surface area contributed by atoms with Crippen molar-refractivity contribution in [3.8, 4) is 17.2 Å². The van der Waals surface area contributed by atoms with E-state index in [1.807, 2.05) is 25.5 Å². The summed E-state index contributed by atoms with van der Waals surface area (Å²) < 4.78 is 71.9. The van der Waals surface area contributed by atoms with Crippen LogP contribution in [0.1, 0.15) is 57.2 Å². The van der Waals surface area contributed by atoms with Gasteiger partial charge in [-0.05, 0) is 41.5 Å². The molecular formula is C26H28F3N3O2S. The first-order valence-electron chi connectivity index (χ1n) is 11.5. The molecule has 1 aromatic heterocycles. The zero-order valence-corrected chi connectivity index (χ0v) is 20.7. The van der Waals surface area contributed by atoms with E-state index in [-0.39, 0.29) is 11.0 Å². The predicted molar refractivity (Wildman–Crippen MR) is 130 cm³/mol. The molecule has 0 bridgehead atoms. The number of sulfonamides is 1. The number of hydrogen-bond donors (Lipinski definition) is 1. The molecular weight excluding hydrogens is 475 g/mol. The van der Waals surface area contributed by atoms with Crippen LogP contribution in [-0.4, -0.2) is 24.4 Å². The third-order valence-electron chi connectivity index (χ3n) is 6.33. The molecule has 0 aliphatic heterocycles. The van der Waals surface area contributed by atoms with Gasteiger partial charge >= 0.3 is 6.18 Å². The smallest absolute Gasteiger partial charge is 0.347 e. The SMILES string of the molecule is CC(C)(C)Cn1cc(C(NS(=O)(=O)C2CCC2)C(F)(F)F)c2ccc(-c3ccccc3C#N)cc21. The Bertz CT molecular complexity index is 1390. The summed E-state index contributed by atoms with van der Waals surface area (Å²) in [6.45, 7) is 6.36. The standard InChI is InChI=1S/C26H28F3N3O2S/c1-25(2,3)16-32-15-22(24(26(27,28)29)31-35(33,34)19-8-6-9-19)21-12-11-17(13-23(21)32)20-10-5-4-7-18(20)14-30/h4-5,7,10-13,15,19,24,31H,6,8-9,16H2,1-3H3. The van der Waals surface area contributed by atoms with Gasteiger partial charge < -0.3 is 4.57 Å². The van der Waals surface area contributed by atoms with Crippen LogP contribution in [0.3, 0.4) is 0 Å². The maximum atomic E-state index is 14.3. The Morgan fingerprint density at radius 2 is 1.83 bits per heavy atom. The Morgan fingerprint density at radius 3 is 2.40 bits per heavy atom. The molecule has 0 spiro atoms. The molecule has 1 atom stereocenters. The lowest BCUT2D eigenvalue weighted by atomic mass is 9.96. The van der Waals surface area contributed by atoms with Crippen molar-refractivity contribution in [2.24, 2.45) is 5.41 Å². The van der Waals surface area contributed by atoms with Gasteiger partial charge in [-0.3, -0.25) is 0 Å². The van der Waals surface area contributed by atoms with Crippen LogP contribution in [0.5, 0.6) is 0 Å². The van der Waals surface area contributed by atoms with Gasteiger partial charge in [0.2, 0.25) is 10.0 Å². The van der Waals surface area contributed by atoms with E-state index in [1.165, 1.54) is 6.20 Å². The first kappa shape index (κ1) is 25.3. The molecule has 3 aromatic rings. The van der Waals surface area contributed by atoms with Gasteiger partial charge in [-0.15, -0.1) is 0 Å². The van der Waals surface area contributed by atoms with Crippen LogP contribution in [0.4, 0.5) is 13.2 Å². The fraction of sp³-hybridized carbons (Fsp3) is 0.423. The second-order valence-corrected chi connectivity index (χ2v) is 12.3. The number of halogens is 3. The van der Waals surface area contributed by atoms with Gasteiger partial charge in [0.15, 0.2) is 0 Å². The first-order valence-corrected chi connectivity index (χ1v) is 13.0.